The Kier molecular flexibility index (Phi) is 2.24. The van der Waals surface area contributed by atoms with Crippen LogP contribution in [-0.2, 0) is 0 Å². The third kappa shape index (κ3) is 1.73. The normalized spacial score (nSPS) is 23.4. The molecule has 2 aromatic rings. The topological polar surface area (TPSA) is 25.8 Å². The molecule has 16 heavy (non-hydrogen) atoms. The zero-order valence-corrected chi connectivity index (χ0v) is 9.67. The van der Waals surface area contributed by atoms with Gasteiger partial charge in [-0.25, -0.2) is 9.37 Å². The summed E-state index contributed by atoms with van der Waals surface area (Å²) in [5.41, 5.74) is 0.760. The van der Waals surface area contributed by atoms with Crippen LogP contribution < -0.4 is 0 Å². The van der Waals surface area contributed by atoms with E-state index >= 15 is 0 Å². The summed E-state index contributed by atoms with van der Waals surface area (Å²) in [4.78, 5) is 4.47. The molecule has 0 radical (unpaired) electrons. The van der Waals surface area contributed by atoms with E-state index in [1.165, 1.54) is 30.1 Å². The quantitative estimate of drug-likeness (QED) is 0.795. The molecular formula is C12H11FN2S. The Morgan fingerprint density at radius 1 is 1.44 bits per heavy atom. The molecule has 1 aliphatic rings. The summed E-state index contributed by atoms with van der Waals surface area (Å²) in [5, 5.41) is 1.09. The largest absolute Gasteiger partial charge is 0.219 e. The molecular weight excluding hydrogens is 223 g/mol. The highest BCUT2D eigenvalue weighted by molar-refractivity contribution is 7.05. The molecule has 0 saturated heterocycles. The van der Waals surface area contributed by atoms with E-state index in [4.69, 9.17) is 0 Å². The van der Waals surface area contributed by atoms with Crippen LogP contribution in [0.25, 0.3) is 11.4 Å². The smallest absolute Gasteiger partial charge is 0.173 e. The van der Waals surface area contributed by atoms with Crippen molar-refractivity contribution in [3.63, 3.8) is 0 Å². The van der Waals surface area contributed by atoms with Gasteiger partial charge < -0.3 is 0 Å². The number of aromatic nitrogens is 2. The molecule has 4 heteroatoms. The molecule has 82 valence electrons. The van der Waals surface area contributed by atoms with E-state index in [0.717, 1.165) is 16.5 Å². The van der Waals surface area contributed by atoms with Gasteiger partial charge in [0.2, 0.25) is 0 Å². The summed E-state index contributed by atoms with van der Waals surface area (Å²) >= 11 is 1.44. The molecule has 0 bridgehead atoms. The Hall–Kier alpha value is -1.29. The molecule has 1 aromatic heterocycles. The van der Waals surface area contributed by atoms with Crippen molar-refractivity contribution in [1.82, 2.24) is 9.36 Å². The van der Waals surface area contributed by atoms with Crippen LogP contribution in [0, 0.1) is 11.7 Å². The van der Waals surface area contributed by atoms with Crippen LogP contribution in [-0.4, -0.2) is 9.36 Å². The minimum Gasteiger partial charge on any atom is -0.219 e. The summed E-state index contributed by atoms with van der Waals surface area (Å²) in [6, 6.07) is 6.43. The Morgan fingerprint density at radius 2 is 2.25 bits per heavy atom. The Balaban J connectivity index is 1.92. The highest BCUT2D eigenvalue weighted by Crippen LogP contribution is 2.47. The van der Waals surface area contributed by atoms with E-state index in [9.17, 15) is 4.39 Å². The van der Waals surface area contributed by atoms with Crippen LogP contribution in [0.4, 0.5) is 4.39 Å². The Morgan fingerprint density at radius 3 is 2.94 bits per heavy atom. The predicted molar refractivity (Wildman–Crippen MR) is 61.8 cm³/mol. The summed E-state index contributed by atoms with van der Waals surface area (Å²) in [6.07, 6.45) is 1.21. The second kappa shape index (κ2) is 3.63. The molecule has 3 rings (SSSR count). The van der Waals surface area contributed by atoms with Gasteiger partial charge in [-0.1, -0.05) is 19.1 Å². The van der Waals surface area contributed by atoms with Crippen LogP contribution in [0.1, 0.15) is 24.3 Å². The lowest BCUT2D eigenvalue weighted by molar-refractivity contribution is 0.628. The third-order valence-electron chi connectivity index (χ3n) is 2.95. The lowest BCUT2D eigenvalue weighted by Gasteiger charge is -1.94. The molecule has 1 aromatic carbocycles. The first kappa shape index (κ1) is 9.90. The zero-order chi connectivity index (χ0) is 11.1. The fourth-order valence-corrected chi connectivity index (χ4v) is 2.71. The van der Waals surface area contributed by atoms with Crippen molar-refractivity contribution >= 4 is 11.5 Å². The molecule has 1 fully saturated rings. The van der Waals surface area contributed by atoms with Gasteiger partial charge in [0.1, 0.15) is 10.8 Å². The summed E-state index contributed by atoms with van der Waals surface area (Å²) < 4.78 is 17.3. The van der Waals surface area contributed by atoms with Crippen molar-refractivity contribution in [2.75, 3.05) is 0 Å². The van der Waals surface area contributed by atoms with E-state index in [1.54, 1.807) is 6.07 Å². The SMILES string of the molecule is CC1CC1c1nc(-c2cccc(F)c2)ns1. The molecule has 0 amide bonds. The third-order valence-corrected chi connectivity index (χ3v) is 3.80. The van der Waals surface area contributed by atoms with Crippen LogP contribution in [0.15, 0.2) is 24.3 Å². The van der Waals surface area contributed by atoms with Gasteiger partial charge in [-0.05, 0) is 36.0 Å². The number of benzene rings is 1. The molecule has 0 aliphatic heterocycles. The highest BCUT2D eigenvalue weighted by Gasteiger charge is 2.37. The second-order valence-corrected chi connectivity index (χ2v) is 5.07. The van der Waals surface area contributed by atoms with Crippen LogP contribution in [0.3, 0.4) is 0 Å². The molecule has 1 aliphatic carbocycles. The molecule has 2 atom stereocenters. The van der Waals surface area contributed by atoms with Gasteiger partial charge in [-0.3, -0.25) is 0 Å². The van der Waals surface area contributed by atoms with Crippen molar-refractivity contribution in [2.24, 2.45) is 5.92 Å². The van der Waals surface area contributed by atoms with Gasteiger partial charge in [0.05, 0.1) is 0 Å². The lowest BCUT2D eigenvalue weighted by Crippen LogP contribution is -1.84. The number of halogens is 1. The Labute approximate surface area is 97.3 Å². The minimum atomic E-state index is -0.242. The average Bonchev–Trinajstić information content (AvgIpc) is 2.81. The molecule has 0 N–H and O–H groups in total. The summed E-state index contributed by atoms with van der Waals surface area (Å²) in [6.45, 7) is 2.22. The van der Waals surface area contributed by atoms with Gasteiger partial charge in [0.25, 0.3) is 0 Å². The second-order valence-electron chi connectivity index (χ2n) is 4.29. The summed E-state index contributed by atoms with van der Waals surface area (Å²) in [7, 11) is 0. The van der Waals surface area contributed by atoms with E-state index in [-0.39, 0.29) is 5.82 Å². The van der Waals surface area contributed by atoms with Crippen LogP contribution in [0.2, 0.25) is 0 Å². The molecule has 2 nitrogen and oxygen atoms in total. The van der Waals surface area contributed by atoms with Crippen molar-refractivity contribution in [3.8, 4) is 11.4 Å². The molecule has 0 spiro atoms. The summed E-state index contributed by atoms with van der Waals surface area (Å²) in [5.74, 6) is 1.72. The highest BCUT2D eigenvalue weighted by atomic mass is 32.1. The standard InChI is InChI=1S/C12H11FN2S/c1-7-5-10(7)12-14-11(15-16-12)8-3-2-4-9(13)6-8/h2-4,6-7,10H,5H2,1H3. The zero-order valence-electron chi connectivity index (χ0n) is 8.85. The van der Waals surface area contributed by atoms with Gasteiger partial charge in [-0.2, -0.15) is 4.37 Å². The fraction of sp³-hybridized carbons (Fsp3) is 0.333. The number of hydrogen-bond acceptors (Lipinski definition) is 3. The fourth-order valence-electron chi connectivity index (χ4n) is 1.80. The maximum Gasteiger partial charge on any atom is 0.173 e. The van der Waals surface area contributed by atoms with Crippen molar-refractivity contribution in [3.05, 3.63) is 35.1 Å². The van der Waals surface area contributed by atoms with Crippen LogP contribution in [0.5, 0.6) is 0 Å². The number of hydrogen-bond donors (Lipinski definition) is 0. The minimum absolute atomic E-state index is 0.242. The lowest BCUT2D eigenvalue weighted by atomic mass is 10.2. The number of rotatable bonds is 2. The first-order chi connectivity index (χ1) is 7.74. The van der Waals surface area contributed by atoms with Gasteiger partial charge in [0, 0.05) is 11.5 Å². The number of nitrogens with zero attached hydrogens (tertiary/aromatic N) is 2. The van der Waals surface area contributed by atoms with Crippen LogP contribution >= 0.6 is 11.5 Å². The maximum atomic E-state index is 13.0. The van der Waals surface area contributed by atoms with Crippen molar-refractivity contribution in [1.29, 1.82) is 0 Å². The Bertz CT molecular complexity index is 523. The monoisotopic (exact) mass is 234 g/mol. The van der Waals surface area contributed by atoms with E-state index < -0.39 is 0 Å². The maximum absolute atomic E-state index is 13.0. The van der Waals surface area contributed by atoms with E-state index in [2.05, 4.69) is 16.3 Å². The van der Waals surface area contributed by atoms with E-state index in [1.807, 2.05) is 6.07 Å². The van der Waals surface area contributed by atoms with E-state index in [0.29, 0.717) is 11.7 Å². The van der Waals surface area contributed by atoms with Crippen molar-refractivity contribution < 1.29 is 4.39 Å². The van der Waals surface area contributed by atoms with Gasteiger partial charge in [0.15, 0.2) is 5.82 Å². The first-order valence-electron chi connectivity index (χ1n) is 5.33. The van der Waals surface area contributed by atoms with Gasteiger partial charge in [-0.15, -0.1) is 0 Å². The average molecular weight is 234 g/mol. The molecule has 1 heterocycles. The predicted octanol–water partition coefficient (Wildman–Crippen LogP) is 3.47. The molecule has 1 saturated carbocycles. The first-order valence-corrected chi connectivity index (χ1v) is 6.11. The van der Waals surface area contributed by atoms with Crippen molar-refractivity contribution in [2.45, 2.75) is 19.3 Å². The van der Waals surface area contributed by atoms with Gasteiger partial charge >= 0.3 is 0 Å². The molecule has 2 unspecified atom stereocenters.